The molecule has 0 spiro atoms. The van der Waals surface area contributed by atoms with Crippen molar-refractivity contribution in [3.63, 3.8) is 0 Å². The van der Waals surface area contributed by atoms with Crippen LogP contribution >= 0.6 is 0 Å². The maximum Gasteiger partial charge on any atom is 0.158 e. The number of fused-ring (bicyclic) bond motifs is 3. The lowest BCUT2D eigenvalue weighted by molar-refractivity contribution is 0.190. The largest absolute Gasteiger partial charge is 0.383 e. The number of benzene rings is 1. The van der Waals surface area contributed by atoms with Crippen molar-refractivity contribution in [3.05, 3.63) is 36.0 Å². The first-order chi connectivity index (χ1) is 9.69. The summed E-state index contributed by atoms with van der Waals surface area (Å²) in [6.07, 6.45) is 0. The number of aryl methyl sites for hydroxylation is 1. The molecule has 0 amide bonds. The molecule has 3 rings (SSSR count). The van der Waals surface area contributed by atoms with Crippen LogP contribution in [-0.2, 0) is 4.74 Å². The fourth-order valence-electron chi connectivity index (χ4n) is 2.41. The maximum absolute atomic E-state index is 5.17. The maximum atomic E-state index is 5.17. The van der Waals surface area contributed by atoms with Gasteiger partial charge in [-0.2, -0.15) is 5.10 Å². The van der Waals surface area contributed by atoms with E-state index in [0.717, 1.165) is 28.1 Å². The predicted molar refractivity (Wildman–Crippen MR) is 80.2 cm³/mol. The number of ether oxygens (including phenoxy) is 1. The first-order valence-electron chi connectivity index (χ1n) is 6.69. The molecule has 1 aromatic carbocycles. The Balaban J connectivity index is 2.18. The Morgan fingerprint density at radius 1 is 1.35 bits per heavy atom. The number of hydrogen-bond acceptors (Lipinski definition) is 4. The number of anilines is 1. The van der Waals surface area contributed by atoms with E-state index in [1.165, 1.54) is 0 Å². The van der Waals surface area contributed by atoms with Crippen LogP contribution in [0.25, 0.3) is 16.6 Å². The van der Waals surface area contributed by atoms with Crippen LogP contribution < -0.4 is 5.32 Å². The number of nitrogens with zero attached hydrogens (tertiary/aromatic N) is 3. The van der Waals surface area contributed by atoms with Crippen molar-refractivity contribution in [2.45, 2.75) is 19.9 Å². The highest BCUT2D eigenvalue weighted by Gasteiger charge is 2.11. The molecule has 0 aliphatic rings. The molecule has 2 aromatic heterocycles. The average Bonchev–Trinajstić information content (AvgIpc) is 2.80. The van der Waals surface area contributed by atoms with Gasteiger partial charge < -0.3 is 10.1 Å². The molecule has 5 nitrogen and oxygen atoms in total. The molecule has 3 aromatic rings. The Morgan fingerprint density at radius 3 is 2.95 bits per heavy atom. The molecule has 0 saturated heterocycles. The van der Waals surface area contributed by atoms with Crippen LogP contribution in [0.15, 0.2) is 30.3 Å². The van der Waals surface area contributed by atoms with Crippen LogP contribution in [0.3, 0.4) is 0 Å². The highest BCUT2D eigenvalue weighted by Crippen LogP contribution is 2.23. The van der Waals surface area contributed by atoms with Gasteiger partial charge in [0.25, 0.3) is 0 Å². The lowest BCUT2D eigenvalue weighted by atomic mass is 10.2. The standard InChI is InChI=1S/C15H18N4O/c1-10-8-14-17-15(16-11(2)9-20-3)12-6-4-5-7-13(12)19(14)18-10/h4-8,11H,9H2,1-3H3,(H,16,17)/t11-/m1/s1. The van der Waals surface area contributed by atoms with Crippen molar-refractivity contribution in [1.29, 1.82) is 0 Å². The van der Waals surface area contributed by atoms with Gasteiger partial charge in [-0.1, -0.05) is 12.1 Å². The SMILES string of the molecule is COC[C@@H](C)Nc1nc2cc(C)nn2c2ccccc12. The molecule has 0 aliphatic heterocycles. The molecule has 1 atom stereocenters. The van der Waals surface area contributed by atoms with E-state index in [-0.39, 0.29) is 6.04 Å². The quantitative estimate of drug-likeness (QED) is 0.792. The summed E-state index contributed by atoms with van der Waals surface area (Å²) >= 11 is 0. The fourth-order valence-corrected chi connectivity index (χ4v) is 2.41. The smallest absolute Gasteiger partial charge is 0.158 e. The van der Waals surface area contributed by atoms with E-state index in [1.54, 1.807) is 7.11 Å². The first kappa shape index (κ1) is 12.9. The van der Waals surface area contributed by atoms with Crippen molar-refractivity contribution < 1.29 is 4.74 Å². The van der Waals surface area contributed by atoms with Crippen LogP contribution in [-0.4, -0.2) is 34.4 Å². The highest BCUT2D eigenvalue weighted by atomic mass is 16.5. The predicted octanol–water partition coefficient (Wildman–Crippen LogP) is 2.64. The third-order valence-electron chi connectivity index (χ3n) is 3.23. The molecule has 0 aliphatic carbocycles. The zero-order valence-electron chi connectivity index (χ0n) is 11.9. The Bertz CT molecular complexity index is 750. The van der Waals surface area contributed by atoms with Crippen LogP contribution in [0.1, 0.15) is 12.6 Å². The van der Waals surface area contributed by atoms with Gasteiger partial charge in [-0.3, -0.25) is 0 Å². The number of aromatic nitrogens is 3. The molecule has 0 radical (unpaired) electrons. The van der Waals surface area contributed by atoms with E-state index >= 15 is 0 Å². The molecular weight excluding hydrogens is 252 g/mol. The number of rotatable bonds is 4. The summed E-state index contributed by atoms with van der Waals surface area (Å²) in [5.74, 6) is 0.873. The van der Waals surface area contributed by atoms with Gasteiger partial charge in [-0.15, -0.1) is 0 Å². The van der Waals surface area contributed by atoms with Crippen molar-refractivity contribution >= 4 is 22.4 Å². The summed E-state index contributed by atoms with van der Waals surface area (Å²) in [7, 11) is 1.70. The van der Waals surface area contributed by atoms with Crippen LogP contribution in [0.2, 0.25) is 0 Å². The van der Waals surface area contributed by atoms with E-state index in [4.69, 9.17) is 4.74 Å². The zero-order valence-corrected chi connectivity index (χ0v) is 11.9. The number of para-hydroxylation sites is 1. The van der Waals surface area contributed by atoms with E-state index in [2.05, 4.69) is 34.5 Å². The molecular formula is C15H18N4O. The lowest BCUT2D eigenvalue weighted by Crippen LogP contribution is -2.21. The molecule has 104 valence electrons. The van der Waals surface area contributed by atoms with Crippen molar-refractivity contribution in [3.8, 4) is 0 Å². The summed E-state index contributed by atoms with van der Waals surface area (Å²) in [4.78, 5) is 4.68. The number of nitrogens with one attached hydrogen (secondary N) is 1. The van der Waals surface area contributed by atoms with Crippen molar-refractivity contribution in [2.75, 3.05) is 19.0 Å². The molecule has 0 unspecified atom stereocenters. The van der Waals surface area contributed by atoms with Gasteiger partial charge in [0.15, 0.2) is 5.65 Å². The monoisotopic (exact) mass is 270 g/mol. The Hall–Kier alpha value is -2.14. The topological polar surface area (TPSA) is 51.5 Å². The second kappa shape index (κ2) is 5.09. The van der Waals surface area contributed by atoms with Gasteiger partial charge in [0.05, 0.1) is 17.8 Å². The van der Waals surface area contributed by atoms with Crippen LogP contribution in [0.4, 0.5) is 5.82 Å². The van der Waals surface area contributed by atoms with Crippen LogP contribution in [0.5, 0.6) is 0 Å². The molecule has 20 heavy (non-hydrogen) atoms. The molecule has 0 fully saturated rings. The Morgan fingerprint density at radius 2 is 2.15 bits per heavy atom. The Labute approximate surface area is 117 Å². The summed E-state index contributed by atoms with van der Waals surface area (Å²) in [6, 6.07) is 10.3. The zero-order chi connectivity index (χ0) is 14.1. The van der Waals surface area contributed by atoms with Crippen molar-refractivity contribution in [1.82, 2.24) is 14.6 Å². The summed E-state index contributed by atoms with van der Waals surface area (Å²) in [5, 5.41) is 8.97. The van der Waals surface area contributed by atoms with E-state index in [1.807, 2.05) is 29.6 Å². The summed E-state index contributed by atoms with van der Waals surface area (Å²) in [5.41, 5.74) is 2.87. The minimum atomic E-state index is 0.197. The fraction of sp³-hybridized carbons (Fsp3) is 0.333. The van der Waals surface area contributed by atoms with E-state index in [0.29, 0.717) is 6.61 Å². The third kappa shape index (κ3) is 2.20. The number of methoxy groups -OCH3 is 1. The van der Waals surface area contributed by atoms with Gasteiger partial charge >= 0.3 is 0 Å². The van der Waals surface area contributed by atoms with Crippen LogP contribution in [0, 0.1) is 6.92 Å². The molecule has 0 bridgehead atoms. The van der Waals surface area contributed by atoms with Gasteiger partial charge in [0.1, 0.15) is 5.82 Å². The lowest BCUT2D eigenvalue weighted by Gasteiger charge is -2.15. The van der Waals surface area contributed by atoms with Crippen molar-refractivity contribution in [2.24, 2.45) is 0 Å². The molecule has 5 heteroatoms. The average molecular weight is 270 g/mol. The summed E-state index contributed by atoms with van der Waals surface area (Å²) < 4.78 is 7.06. The minimum absolute atomic E-state index is 0.197. The molecule has 0 saturated carbocycles. The van der Waals surface area contributed by atoms with Gasteiger partial charge in [-0.05, 0) is 26.0 Å². The van der Waals surface area contributed by atoms with Gasteiger partial charge in [-0.25, -0.2) is 9.50 Å². The second-order valence-corrected chi connectivity index (χ2v) is 5.03. The molecule has 1 N–H and O–H groups in total. The third-order valence-corrected chi connectivity index (χ3v) is 3.23. The normalized spacial score (nSPS) is 12.9. The highest BCUT2D eigenvalue weighted by molar-refractivity contribution is 5.91. The van der Waals surface area contributed by atoms with Gasteiger partial charge in [0.2, 0.25) is 0 Å². The van der Waals surface area contributed by atoms with E-state index < -0.39 is 0 Å². The molecule has 2 heterocycles. The Kier molecular flexibility index (Phi) is 3.28. The van der Waals surface area contributed by atoms with E-state index in [9.17, 15) is 0 Å². The summed E-state index contributed by atoms with van der Waals surface area (Å²) in [6.45, 7) is 4.69. The van der Waals surface area contributed by atoms with Gasteiger partial charge in [0, 0.05) is 24.6 Å². The second-order valence-electron chi connectivity index (χ2n) is 5.03. The number of hydrogen-bond donors (Lipinski definition) is 1. The first-order valence-corrected chi connectivity index (χ1v) is 6.69. The minimum Gasteiger partial charge on any atom is -0.383 e.